The van der Waals surface area contributed by atoms with Crippen LogP contribution in [-0.4, -0.2) is 55.1 Å². The zero-order valence-corrected chi connectivity index (χ0v) is 17.4. The van der Waals surface area contributed by atoms with Crippen LogP contribution in [0.2, 0.25) is 10.2 Å². The van der Waals surface area contributed by atoms with Gasteiger partial charge in [0.2, 0.25) is 16.0 Å². The third-order valence-electron chi connectivity index (χ3n) is 4.43. The molecular weight excluding hydrogens is 409 g/mol. The Balaban J connectivity index is 1.72. The van der Waals surface area contributed by atoms with Crippen molar-refractivity contribution < 1.29 is 8.42 Å². The summed E-state index contributed by atoms with van der Waals surface area (Å²) < 4.78 is 24.8. The number of nitrogens with one attached hydrogen (secondary N) is 1. The zero-order chi connectivity index (χ0) is 19.6. The quantitative estimate of drug-likeness (QED) is 0.735. The van der Waals surface area contributed by atoms with E-state index in [0.29, 0.717) is 48.1 Å². The Bertz CT molecular complexity index is 900. The van der Waals surface area contributed by atoms with Gasteiger partial charge in [0.15, 0.2) is 0 Å². The fourth-order valence-corrected chi connectivity index (χ4v) is 4.04. The minimum absolute atomic E-state index is 0.0318. The number of anilines is 2. The van der Waals surface area contributed by atoms with E-state index in [1.165, 1.54) is 10.6 Å². The van der Waals surface area contributed by atoms with Crippen LogP contribution in [0.25, 0.3) is 0 Å². The van der Waals surface area contributed by atoms with Crippen LogP contribution in [0.3, 0.4) is 0 Å². The van der Waals surface area contributed by atoms with Gasteiger partial charge in [0.05, 0.1) is 12.3 Å². The molecule has 1 aromatic heterocycles. The molecule has 0 amide bonds. The first kappa shape index (κ1) is 20.1. The SMILES string of the molecule is C[C@H](Nc1nc(Cl)cc(N2CCN(S(C)(=O)=O)CC2)n1)c1ccc(Cl)cc1. The summed E-state index contributed by atoms with van der Waals surface area (Å²) in [4.78, 5) is 10.8. The molecule has 146 valence electrons. The van der Waals surface area contributed by atoms with Crippen LogP contribution in [-0.2, 0) is 10.0 Å². The molecule has 1 atom stereocenters. The number of halogens is 2. The number of hydrogen-bond donors (Lipinski definition) is 1. The van der Waals surface area contributed by atoms with E-state index in [2.05, 4.69) is 15.3 Å². The third kappa shape index (κ3) is 5.22. The molecule has 1 N–H and O–H groups in total. The lowest BCUT2D eigenvalue weighted by Crippen LogP contribution is -2.48. The van der Waals surface area contributed by atoms with Crippen molar-refractivity contribution in [3.8, 4) is 0 Å². The molecule has 1 aromatic carbocycles. The Morgan fingerprint density at radius 1 is 1.07 bits per heavy atom. The first-order chi connectivity index (χ1) is 12.7. The second kappa shape index (κ2) is 8.18. The maximum atomic E-state index is 11.7. The largest absolute Gasteiger partial charge is 0.354 e. The highest BCUT2D eigenvalue weighted by atomic mass is 35.5. The van der Waals surface area contributed by atoms with Crippen molar-refractivity contribution in [2.75, 3.05) is 42.7 Å². The minimum atomic E-state index is -3.17. The minimum Gasteiger partial charge on any atom is -0.354 e. The maximum Gasteiger partial charge on any atom is 0.226 e. The fraction of sp³-hybridized carbons (Fsp3) is 0.412. The third-order valence-corrected chi connectivity index (χ3v) is 6.18. The molecule has 1 saturated heterocycles. The predicted molar refractivity (Wildman–Crippen MR) is 109 cm³/mol. The molecule has 0 radical (unpaired) electrons. The Labute approximate surface area is 169 Å². The topological polar surface area (TPSA) is 78.4 Å². The van der Waals surface area contributed by atoms with Gasteiger partial charge in [-0.3, -0.25) is 0 Å². The molecule has 1 aliphatic heterocycles. The van der Waals surface area contributed by atoms with E-state index < -0.39 is 10.0 Å². The van der Waals surface area contributed by atoms with Gasteiger partial charge in [0.25, 0.3) is 0 Å². The van der Waals surface area contributed by atoms with Crippen molar-refractivity contribution in [3.05, 3.63) is 46.1 Å². The van der Waals surface area contributed by atoms with E-state index in [0.717, 1.165) is 5.56 Å². The summed E-state index contributed by atoms with van der Waals surface area (Å²) in [6, 6.07) is 9.21. The van der Waals surface area contributed by atoms with Gasteiger partial charge in [-0.2, -0.15) is 9.29 Å². The van der Waals surface area contributed by atoms with Crippen molar-refractivity contribution in [2.45, 2.75) is 13.0 Å². The lowest BCUT2D eigenvalue weighted by Gasteiger charge is -2.34. The first-order valence-electron chi connectivity index (χ1n) is 8.49. The normalized spacial score (nSPS) is 17.0. The molecule has 0 unspecified atom stereocenters. The molecule has 1 aliphatic rings. The molecule has 2 heterocycles. The first-order valence-corrected chi connectivity index (χ1v) is 11.1. The van der Waals surface area contributed by atoms with Gasteiger partial charge in [-0.25, -0.2) is 13.4 Å². The van der Waals surface area contributed by atoms with Gasteiger partial charge in [-0.05, 0) is 24.6 Å². The highest BCUT2D eigenvalue weighted by Crippen LogP contribution is 2.24. The van der Waals surface area contributed by atoms with E-state index in [1.807, 2.05) is 36.1 Å². The number of nitrogens with zero attached hydrogens (tertiary/aromatic N) is 4. The summed E-state index contributed by atoms with van der Waals surface area (Å²) in [7, 11) is -3.17. The molecule has 0 saturated carbocycles. The van der Waals surface area contributed by atoms with Gasteiger partial charge in [0.1, 0.15) is 11.0 Å². The Morgan fingerprint density at radius 2 is 1.70 bits per heavy atom. The number of piperazine rings is 1. The van der Waals surface area contributed by atoms with Crippen LogP contribution in [0, 0.1) is 0 Å². The van der Waals surface area contributed by atoms with E-state index in [-0.39, 0.29) is 6.04 Å². The fourth-order valence-electron chi connectivity index (χ4n) is 2.91. The van der Waals surface area contributed by atoms with Crippen molar-refractivity contribution in [3.63, 3.8) is 0 Å². The van der Waals surface area contributed by atoms with Crippen LogP contribution in [0.15, 0.2) is 30.3 Å². The number of aromatic nitrogens is 2. The average Bonchev–Trinajstić information content (AvgIpc) is 2.61. The van der Waals surface area contributed by atoms with Crippen LogP contribution >= 0.6 is 23.2 Å². The van der Waals surface area contributed by atoms with Crippen LogP contribution in [0.1, 0.15) is 18.5 Å². The summed E-state index contributed by atoms with van der Waals surface area (Å²) in [5, 5.41) is 4.26. The Morgan fingerprint density at radius 3 is 2.30 bits per heavy atom. The predicted octanol–water partition coefficient (Wildman–Crippen LogP) is 3.04. The van der Waals surface area contributed by atoms with E-state index in [9.17, 15) is 8.42 Å². The number of hydrogen-bond acceptors (Lipinski definition) is 6. The molecule has 27 heavy (non-hydrogen) atoms. The molecule has 3 rings (SSSR count). The second-order valence-electron chi connectivity index (χ2n) is 6.44. The average molecular weight is 430 g/mol. The van der Waals surface area contributed by atoms with Gasteiger partial charge in [-0.15, -0.1) is 0 Å². The van der Waals surface area contributed by atoms with Gasteiger partial charge in [0, 0.05) is 37.3 Å². The molecule has 7 nitrogen and oxygen atoms in total. The van der Waals surface area contributed by atoms with E-state index >= 15 is 0 Å². The number of rotatable bonds is 5. The summed E-state index contributed by atoms with van der Waals surface area (Å²) in [6.45, 7) is 3.94. The standard InChI is InChI=1S/C17H21Cl2N5O2S/c1-12(13-3-5-14(18)6-4-13)20-17-21-15(19)11-16(22-17)23-7-9-24(10-8-23)27(2,25)26/h3-6,11-12H,7-10H2,1-2H3,(H,20,21,22)/t12-/m0/s1. The lowest BCUT2D eigenvalue weighted by atomic mass is 10.1. The summed E-state index contributed by atoms with van der Waals surface area (Å²) in [5.41, 5.74) is 1.05. The van der Waals surface area contributed by atoms with Crippen LogP contribution in [0.5, 0.6) is 0 Å². The van der Waals surface area contributed by atoms with Crippen molar-refractivity contribution in [2.24, 2.45) is 0 Å². The second-order valence-corrected chi connectivity index (χ2v) is 9.25. The molecule has 0 spiro atoms. The number of sulfonamides is 1. The summed E-state index contributed by atoms with van der Waals surface area (Å²) in [5.74, 6) is 1.10. The van der Waals surface area contributed by atoms with Crippen LogP contribution in [0.4, 0.5) is 11.8 Å². The lowest BCUT2D eigenvalue weighted by molar-refractivity contribution is 0.387. The van der Waals surface area contributed by atoms with Gasteiger partial charge < -0.3 is 10.2 Å². The van der Waals surface area contributed by atoms with E-state index in [1.54, 1.807) is 6.07 Å². The molecule has 1 fully saturated rings. The zero-order valence-electron chi connectivity index (χ0n) is 15.1. The van der Waals surface area contributed by atoms with Crippen molar-refractivity contribution in [1.29, 1.82) is 0 Å². The molecule has 0 bridgehead atoms. The van der Waals surface area contributed by atoms with Gasteiger partial charge >= 0.3 is 0 Å². The van der Waals surface area contributed by atoms with E-state index in [4.69, 9.17) is 23.2 Å². The van der Waals surface area contributed by atoms with Gasteiger partial charge in [-0.1, -0.05) is 35.3 Å². The molecular formula is C17H21Cl2N5O2S. The molecule has 0 aliphatic carbocycles. The van der Waals surface area contributed by atoms with Crippen LogP contribution < -0.4 is 10.2 Å². The molecule has 10 heteroatoms. The Hall–Kier alpha value is -1.61. The van der Waals surface area contributed by atoms with Crippen molar-refractivity contribution in [1.82, 2.24) is 14.3 Å². The monoisotopic (exact) mass is 429 g/mol. The smallest absolute Gasteiger partial charge is 0.226 e. The Kier molecular flexibility index (Phi) is 6.10. The van der Waals surface area contributed by atoms with Crippen molar-refractivity contribution >= 4 is 45.0 Å². The summed E-state index contributed by atoms with van der Waals surface area (Å²) in [6.07, 6.45) is 1.23. The number of benzene rings is 1. The summed E-state index contributed by atoms with van der Waals surface area (Å²) >= 11 is 12.1. The maximum absolute atomic E-state index is 11.7. The highest BCUT2D eigenvalue weighted by Gasteiger charge is 2.24. The highest BCUT2D eigenvalue weighted by molar-refractivity contribution is 7.88. The molecule has 2 aromatic rings.